The van der Waals surface area contributed by atoms with E-state index in [0.717, 1.165) is 19.3 Å². The fraction of sp³-hybridized carbons (Fsp3) is 0.375. The van der Waals surface area contributed by atoms with E-state index in [0.29, 0.717) is 28.8 Å². The molecule has 1 heterocycles. The predicted molar refractivity (Wildman–Crippen MR) is 120 cm³/mol. The van der Waals surface area contributed by atoms with Crippen LogP contribution >= 0.6 is 11.6 Å². The maximum absolute atomic E-state index is 14.4. The number of hydrogen-bond acceptors (Lipinski definition) is 3. The van der Waals surface area contributed by atoms with Crippen LogP contribution in [-0.2, 0) is 13.1 Å². The number of fused-ring (bicyclic) bond motifs is 1. The number of aryl methyl sites for hydroxylation is 1. The molecule has 162 valence electrons. The Hall–Kier alpha value is -2.73. The third-order valence-electron chi connectivity index (χ3n) is 5.63. The molecule has 0 atom stereocenters. The summed E-state index contributed by atoms with van der Waals surface area (Å²) in [5.74, 6) is -0.354. The number of nitrogens with zero attached hydrogens (tertiary/aromatic N) is 3. The third kappa shape index (κ3) is 4.49. The molecular formula is C24H25ClFN3O2. The van der Waals surface area contributed by atoms with Gasteiger partial charge in [-0.15, -0.1) is 0 Å². The number of rotatable bonds is 7. The zero-order valence-electron chi connectivity index (χ0n) is 17.6. The summed E-state index contributed by atoms with van der Waals surface area (Å²) in [5, 5.41) is 5.75. The van der Waals surface area contributed by atoms with Crippen LogP contribution in [0.2, 0.25) is 5.02 Å². The number of halogens is 2. The molecule has 0 saturated heterocycles. The molecule has 0 bridgehead atoms. The molecular weight excluding hydrogens is 417 g/mol. The first-order valence-electron chi connectivity index (χ1n) is 10.6. The van der Waals surface area contributed by atoms with Gasteiger partial charge in [0.15, 0.2) is 5.69 Å². The van der Waals surface area contributed by atoms with E-state index in [1.807, 2.05) is 0 Å². The zero-order valence-corrected chi connectivity index (χ0v) is 18.4. The summed E-state index contributed by atoms with van der Waals surface area (Å²) in [6.07, 6.45) is 2.47. The minimum Gasteiger partial charge on any atom is -0.330 e. The molecule has 1 amide bonds. The van der Waals surface area contributed by atoms with Crippen molar-refractivity contribution < 1.29 is 9.18 Å². The van der Waals surface area contributed by atoms with Crippen LogP contribution in [0.4, 0.5) is 4.39 Å². The maximum Gasteiger partial charge on any atom is 0.275 e. The van der Waals surface area contributed by atoms with Crippen LogP contribution in [0.15, 0.2) is 47.3 Å². The quantitative estimate of drug-likeness (QED) is 0.516. The molecule has 0 spiro atoms. The number of hydrogen-bond donors (Lipinski definition) is 0. The molecule has 0 unspecified atom stereocenters. The van der Waals surface area contributed by atoms with Crippen LogP contribution in [0.5, 0.6) is 0 Å². The Labute approximate surface area is 185 Å². The van der Waals surface area contributed by atoms with E-state index in [-0.39, 0.29) is 34.8 Å². The second-order valence-electron chi connectivity index (χ2n) is 8.47. The van der Waals surface area contributed by atoms with Gasteiger partial charge in [-0.25, -0.2) is 9.07 Å². The molecule has 4 rings (SSSR count). The Morgan fingerprint density at radius 3 is 2.55 bits per heavy atom. The number of amides is 1. The molecule has 0 N–H and O–H groups in total. The zero-order chi connectivity index (χ0) is 22.1. The van der Waals surface area contributed by atoms with Gasteiger partial charge in [-0.3, -0.25) is 9.59 Å². The van der Waals surface area contributed by atoms with Gasteiger partial charge in [0.05, 0.1) is 11.9 Å². The summed E-state index contributed by atoms with van der Waals surface area (Å²) in [6, 6.07) is 11.5. The Kier molecular flexibility index (Phi) is 6.10. The first kappa shape index (κ1) is 21.5. The summed E-state index contributed by atoms with van der Waals surface area (Å²) in [5.41, 5.74) is 0.308. The lowest BCUT2D eigenvalue weighted by molar-refractivity contribution is 0.0721. The molecule has 3 aromatic rings. The van der Waals surface area contributed by atoms with Gasteiger partial charge >= 0.3 is 0 Å². The van der Waals surface area contributed by atoms with Gasteiger partial charge in [-0.2, -0.15) is 5.10 Å². The van der Waals surface area contributed by atoms with E-state index < -0.39 is 5.82 Å². The van der Waals surface area contributed by atoms with E-state index in [4.69, 9.17) is 11.6 Å². The summed E-state index contributed by atoms with van der Waals surface area (Å²) in [6.45, 7) is 4.65. The molecule has 1 aliphatic rings. The summed E-state index contributed by atoms with van der Waals surface area (Å²) in [4.78, 5) is 28.2. The normalized spacial score (nSPS) is 13.7. The van der Waals surface area contributed by atoms with Crippen molar-refractivity contribution in [2.75, 3.05) is 0 Å². The van der Waals surface area contributed by atoms with E-state index in [2.05, 4.69) is 18.9 Å². The number of benzene rings is 2. The van der Waals surface area contributed by atoms with Gasteiger partial charge in [0, 0.05) is 28.6 Å². The standard InChI is InChI=1S/C24H25ClFN3O2/c1-15(2)12-13-29-23(30)18-7-4-3-6-17(18)22(27-29)24(31)28(16-10-11-16)14-19-20(25)8-5-9-21(19)26/h3-9,15-16H,10-14H2,1-2H3. The van der Waals surface area contributed by atoms with Crippen LogP contribution < -0.4 is 5.56 Å². The smallest absolute Gasteiger partial charge is 0.275 e. The Morgan fingerprint density at radius 1 is 1.19 bits per heavy atom. The molecule has 1 saturated carbocycles. The van der Waals surface area contributed by atoms with Crippen LogP contribution in [0, 0.1) is 11.7 Å². The van der Waals surface area contributed by atoms with Crippen LogP contribution in [-0.4, -0.2) is 26.6 Å². The molecule has 31 heavy (non-hydrogen) atoms. The fourth-order valence-electron chi connectivity index (χ4n) is 3.67. The van der Waals surface area contributed by atoms with Crippen LogP contribution in [0.1, 0.15) is 49.2 Å². The summed E-state index contributed by atoms with van der Waals surface area (Å²) < 4.78 is 15.8. The monoisotopic (exact) mass is 441 g/mol. The van der Waals surface area contributed by atoms with Crippen molar-refractivity contribution in [3.8, 4) is 0 Å². The number of carbonyl (C=O) groups is 1. The Balaban J connectivity index is 1.77. The minimum atomic E-state index is -0.439. The average molecular weight is 442 g/mol. The molecule has 2 aromatic carbocycles. The van der Waals surface area contributed by atoms with Crippen molar-refractivity contribution in [2.45, 2.75) is 52.2 Å². The average Bonchev–Trinajstić information content (AvgIpc) is 3.58. The molecule has 0 aliphatic heterocycles. The lowest BCUT2D eigenvalue weighted by atomic mass is 10.1. The minimum absolute atomic E-state index is 0.0137. The highest BCUT2D eigenvalue weighted by molar-refractivity contribution is 6.31. The van der Waals surface area contributed by atoms with E-state index in [9.17, 15) is 14.0 Å². The highest BCUT2D eigenvalue weighted by Gasteiger charge is 2.35. The van der Waals surface area contributed by atoms with Crippen molar-refractivity contribution >= 4 is 28.3 Å². The summed E-state index contributed by atoms with van der Waals surface area (Å²) in [7, 11) is 0. The molecule has 1 aliphatic carbocycles. The lowest BCUT2D eigenvalue weighted by Gasteiger charge is -2.24. The lowest BCUT2D eigenvalue weighted by Crippen LogP contribution is -2.36. The topological polar surface area (TPSA) is 55.2 Å². The second-order valence-corrected chi connectivity index (χ2v) is 8.88. The first-order chi connectivity index (χ1) is 14.9. The van der Waals surface area contributed by atoms with Crippen LogP contribution in [0.3, 0.4) is 0 Å². The van der Waals surface area contributed by atoms with Crippen molar-refractivity contribution in [3.63, 3.8) is 0 Å². The van der Waals surface area contributed by atoms with Gasteiger partial charge in [0.1, 0.15) is 5.82 Å². The summed E-state index contributed by atoms with van der Waals surface area (Å²) >= 11 is 6.22. The van der Waals surface area contributed by atoms with Crippen molar-refractivity contribution in [3.05, 3.63) is 74.9 Å². The van der Waals surface area contributed by atoms with Gasteiger partial charge in [0.25, 0.3) is 11.5 Å². The largest absolute Gasteiger partial charge is 0.330 e. The Morgan fingerprint density at radius 2 is 1.90 bits per heavy atom. The van der Waals surface area contributed by atoms with E-state index >= 15 is 0 Å². The molecule has 1 fully saturated rings. The predicted octanol–water partition coefficient (Wildman–Crippen LogP) is 5.04. The van der Waals surface area contributed by atoms with Gasteiger partial charge in [-0.1, -0.05) is 49.7 Å². The van der Waals surface area contributed by atoms with Crippen molar-refractivity contribution in [2.24, 2.45) is 5.92 Å². The Bertz CT molecular complexity index is 1170. The van der Waals surface area contributed by atoms with Crippen LogP contribution in [0.25, 0.3) is 10.8 Å². The van der Waals surface area contributed by atoms with Gasteiger partial charge in [0.2, 0.25) is 0 Å². The molecule has 1 aromatic heterocycles. The first-order valence-corrected chi connectivity index (χ1v) is 11.0. The highest BCUT2D eigenvalue weighted by atomic mass is 35.5. The second kappa shape index (κ2) is 8.79. The fourth-order valence-corrected chi connectivity index (χ4v) is 3.89. The SMILES string of the molecule is CC(C)CCn1nc(C(=O)N(Cc2c(F)cccc2Cl)C2CC2)c2ccccc2c1=O. The maximum atomic E-state index is 14.4. The molecule has 7 heteroatoms. The highest BCUT2D eigenvalue weighted by Crippen LogP contribution is 2.32. The van der Waals surface area contributed by atoms with E-state index in [1.54, 1.807) is 41.3 Å². The van der Waals surface area contributed by atoms with Crippen molar-refractivity contribution in [1.29, 1.82) is 0 Å². The van der Waals surface area contributed by atoms with Gasteiger partial charge < -0.3 is 4.90 Å². The van der Waals surface area contributed by atoms with Gasteiger partial charge in [-0.05, 0) is 43.4 Å². The van der Waals surface area contributed by atoms with Crippen molar-refractivity contribution in [1.82, 2.24) is 14.7 Å². The molecule has 0 radical (unpaired) electrons. The third-order valence-corrected chi connectivity index (χ3v) is 5.98. The number of carbonyl (C=O) groups excluding carboxylic acids is 1. The van der Waals surface area contributed by atoms with E-state index in [1.165, 1.54) is 10.7 Å². The number of aromatic nitrogens is 2. The molecule has 5 nitrogen and oxygen atoms in total.